The zero-order valence-corrected chi connectivity index (χ0v) is 13.3. The van der Waals surface area contributed by atoms with Crippen molar-refractivity contribution in [1.29, 1.82) is 0 Å². The molecule has 0 aromatic carbocycles. The van der Waals surface area contributed by atoms with Crippen LogP contribution in [0.2, 0.25) is 5.28 Å². The molecule has 3 aromatic heterocycles. The number of hydrogen-bond donors (Lipinski definition) is 0. The summed E-state index contributed by atoms with van der Waals surface area (Å²) >= 11 is 8.61. The van der Waals surface area contributed by atoms with Gasteiger partial charge in [-0.1, -0.05) is 11.3 Å². The Balaban J connectivity index is 1.88. The maximum Gasteiger partial charge on any atom is 0.257 e. The molecule has 0 aliphatic heterocycles. The Hall–Kier alpha value is -1.85. The molecule has 0 atom stereocenters. The Morgan fingerprint density at radius 3 is 2.76 bits per heavy atom. The van der Waals surface area contributed by atoms with E-state index in [-0.39, 0.29) is 5.28 Å². The van der Waals surface area contributed by atoms with Gasteiger partial charge in [0.15, 0.2) is 4.34 Å². The second-order valence-corrected chi connectivity index (χ2v) is 6.38. The average molecular weight is 342 g/mol. The third-order valence-corrected chi connectivity index (χ3v) is 4.33. The summed E-state index contributed by atoms with van der Waals surface area (Å²) in [4.78, 5) is 18.0. The van der Waals surface area contributed by atoms with Crippen molar-refractivity contribution in [3.63, 3.8) is 0 Å². The van der Waals surface area contributed by atoms with Crippen molar-refractivity contribution in [1.82, 2.24) is 39.9 Å². The van der Waals surface area contributed by atoms with Crippen LogP contribution >= 0.6 is 34.7 Å². The number of halogens is 1. The van der Waals surface area contributed by atoms with Gasteiger partial charge in [-0.2, -0.15) is 24.7 Å². The topological polar surface area (TPSA) is 98.4 Å². The lowest BCUT2D eigenvalue weighted by molar-refractivity contribution is 0.757. The zero-order chi connectivity index (χ0) is 14.8. The monoisotopic (exact) mass is 341 g/mol. The molecule has 0 bridgehead atoms. The highest BCUT2D eigenvalue weighted by Crippen LogP contribution is 2.31. The van der Waals surface area contributed by atoms with Crippen LogP contribution in [0.15, 0.2) is 22.2 Å². The van der Waals surface area contributed by atoms with Crippen LogP contribution in [0.3, 0.4) is 0 Å². The third-order valence-electron chi connectivity index (χ3n) is 2.16. The summed E-state index contributed by atoms with van der Waals surface area (Å²) in [6, 6.07) is 0. The molecule has 9 nitrogen and oxygen atoms in total. The maximum absolute atomic E-state index is 5.91. The first-order valence-electron chi connectivity index (χ1n) is 5.57. The predicted octanol–water partition coefficient (Wildman–Crippen LogP) is 1.17. The van der Waals surface area contributed by atoms with Crippen molar-refractivity contribution in [3.05, 3.63) is 17.9 Å². The van der Waals surface area contributed by atoms with E-state index < -0.39 is 0 Å². The van der Waals surface area contributed by atoms with Gasteiger partial charge in [-0.05, 0) is 23.4 Å². The van der Waals surface area contributed by atoms with E-state index in [0.717, 1.165) is 5.13 Å². The molecule has 0 unspecified atom stereocenters. The quantitative estimate of drug-likeness (QED) is 0.692. The molecular weight excluding hydrogens is 334 g/mol. The number of anilines is 1. The maximum atomic E-state index is 5.91. The Bertz CT molecular complexity index is 742. The number of nitrogens with zero attached hydrogens (tertiary/aromatic N) is 9. The summed E-state index contributed by atoms with van der Waals surface area (Å²) in [7, 11) is 3.80. The molecule has 3 rings (SSSR count). The molecule has 21 heavy (non-hydrogen) atoms. The Morgan fingerprint density at radius 1 is 1.24 bits per heavy atom. The van der Waals surface area contributed by atoms with Crippen LogP contribution in [0, 0.1) is 0 Å². The number of aromatic nitrogens is 8. The average Bonchev–Trinajstić information content (AvgIpc) is 3.08. The van der Waals surface area contributed by atoms with Crippen molar-refractivity contribution in [3.8, 4) is 5.95 Å². The molecule has 0 amide bonds. The lowest BCUT2D eigenvalue weighted by Gasteiger charge is -2.03. The highest BCUT2D eigenvalue weighted by atomic mass is 35.5. The molecule has 108 valence electrons. The van der Waals surface area contributed by atoms with Crippen molar-refractivity contribution in [2.45, 2.75) is 9.50 Å². The fourth-order valence-corrected chi connectivity index (χ4v) is 3.10. The van der Waals surface area contributed by atoms with Crippen molar-refractivity contribution in [2.75, 3.05) is 19.0 Å². The second kappa shape index (κ2) is 5.87. The van der Waals surface area contributed by atoms with Gasteiger partial charge in [0.25, 0.3) is 5.95 Å². The molecule has 12 heteroatoms. The lowest BCUT2D eigenvalue weighted by Crippen LogP contribution is -2.07. The van der Waals surface area contributed by atoms with Crippen molar-refractivity contribution in [2.24, 2.45) is 0 Å². The van der Waals surface area contributed by atoms with Crippen LogP contribution in [0.4, 0.5) is 5.13 Å². The predicted molar refractivity (Wildman–Crippen MR) is 78.1 cm³/mol. The van der Waals surface area contributed by atoms with E-state index in [1.54, 1.807) is 0 Å². The molecule has 0 aliphatic rings. The van der Waals surface area contributed by atoms with E-state index in [2.05, 4.69) is 35.2 Å². The van der Waals surface area contributed by atoms with Gasteiger partial charge in [0.1, 0.15) is 12.7 Å². The van der Waals surface area contributed by atoms with Crippen molar-refractivity contribution < 1.29 is 0 Å². The van der Waals surface area contributed by atoms with Crippen molar-refractivity contribution >= 4 is 39.8 Å². The Labute approximate surface area is 132 Å². The van der Waals surface area contributed by atoms with E-state index in [0.29, 0.717) is 15.4 Å². The Morgan fingerprint density at radius 2 is 2.10 bits per heavy atom. The molecule has 0 aliphatic carbocycles. The summed E-state index contributed by atoms with van der Waals surface area (Å²) in [5, 5.41) is 13.4. The molecule has 0 saturated carbocycles. The normalized spacial score (nSPS) is 10.8. The fraction of sp³-hybridized carbons (Fsp3) is 0.222. The van der Waals surface area contributed by atoms with Gasteiger partial charge in [0.05, 0.1) is 0 Å². The minimum absolute atomic E-state index is 0.0790. The van der Waals surface area contributed by atoms with E-state index in [1.165, 1.54) is 40.4 Å². The summed E-state index contributed by atoms with van der Waals surface area (Å²) in [5.74, 6) is 0.298. The van der Waals surface area contributed by atoms with Gasteiger partial charge in [-0.25, -0.2) is 4.98 Å². The van der Waals surface area contributed by atoms with Crippen LogP contribution in [-0.4, -0.2) is 54.0 Å². The van der Waals surface area contributed by atoms with Gasteiger partial charge < -0.3 is 4.90 Å². The first-order chi connectivity index (χ1) is 10.1. The van der Waals surface area contributed by atoms with Crippen LogP contribution in [-0.2, 0) is 0 Å². The standard InChI is InChI=1S/C9H8ClN9S2/c1-18(2)8-16-17-9(21-8)20-7-14-5(10)13-6(15-7)19-4-11-3-12-19/h3-4H,1-2H3. The summed E-state index contributed by atoms with van der Waals surface area (Å²) < 4.78 is 2.12. The molecule has 0 saturated heterocycles. The van der Waals surface area contributed by atoms with E-state index in [9.17, 15) is 0 Å². The highest BCUT2D eigenvalue weighted by Gasteiger charge is 2.12. The van der Waals surface area contributed by atoms with E-state index >= 15 is 0 Å². The Kier molecular flexibility index (Phi) is 3.94. The van der Waals surface area contributed by atoms with Crippen LogP contribution in [0.25, 0.3) is 5.95 Å². The van der Waals surface area contributed by atoms with Crippen LogP contribution < -0.4 is 4.90 Å². The van der Waals surface area contributed by atoms with Gasteiger partial charge in [-0.15, -0.1) is 10.2 Å². The van der Waals surface area contributed by atoms with Crippen LogP contribution in [0.5, 0.6) is 0 Å². The summed E-state index contributed by atoms with van der Waals surface area (Å²) in [6.07, 6.45) is 2.87. The number of rotatable bonds is 4. The van der Waals surface area contributed by atoms with Crippen LogP contribution in [0.1, 0.15) is 0 Å². The number of hydrogen-bond acceptors (Lipinski definition) is 10. The molecular formula is C9H8ClN9S2. The van der Waals surface area contributed by atoms with E-state index in [1.807, 2.05) is 19.0 Å². The van der Waals surface area contributed by atoms with Gasteiger partial charge in [-0.3, -0.25) is 0 Å². The molecule has 3 heterocycles. The molecule has 0 N–H and O–H groups in total. The molecule has 0 fully saturated rings. The highest BCUT2D eigenvalue weighted by molar-refractivity contribution is 8.00. The minimum Gasteiger partial charge on any atom is -0.353 e. The minimum atomic E-state index is 0.0790. The molecule has 3 aromatic rings. The third kappa shape index (κ3) is 3.25. The second-order valence-electron chi connectivity index (χ2n) is 3.87. The first-order valence-corrected chi connectivity index (χ1v) is 7.58. The van der Waals surface area contributed by atoms with E-state index in [4.69, 9.17) is 11.6 Å². The lowest BCUT2D eigenvalue weighted by atomic mass is 10.9. The zero-order valence-electron chi connectivity index (χ0n) is 10.9. The SMILES string of the molecule is CN(C)c1nnc(Sc2nc(Cl)nc(-n3cncn3)n2)s1. The fourth-order valence-electron chi connectivity index (χ4n) is 1.28. The summed E-state index contributed by atoms with van der Waals surface area (Å²) in [5.41, 5.74) is 0. The first kappa shape index (κ1) is 14.1. The molecule has 0 spiro atoms. The van der Waals surface area contributed by atoms with Gasteiger partial charge >= 0.3 is 0 Å². The van der Waals surface area contributed by atoms with Gasteiger partial charge in [0, 0.05) is 14.1 Å². The smallest absolute Gasteiger partial charge is 0.257 e. The van der Waals surface area contributed by atoms with Gasteiger partial charge in [0.2, 0.25) is 15.6 Å². The largest absolute Gasteiger partial charge is 0.353 e. The molecule has 0 radical (unpaired) electrons. The summed E-state index contributed by atoms with van der Waals surface area (Å²) in [6.45, 7) is 0.